The van der Waals surface area contributed by atoms with E-state index in [0.29, 0.717) is 6.54 Å². The highest BCUT2D eigenvalue weighted by Gasteiger charge is 2.32. The van der Waals surface area contributed by atoms with Gasteiger partial charge in [0.2, 0.25) is 0 Å². The zero-order valence-electron chi connectivity index (χ0n) is 17.1. The van der Waals surface area contributed by atoms with Gasteiger partial charge in [-0.1, -0.05) is 71.7 Å². The lowest BCUT2D eigenvalue weighted by Crippen LogP contribution is -2.28. The minimum Gasteiger partial charge on any atom is -0.405 e. The number of urea groups is 1. The van der Waals surface area contributed by atoms with Crippen molar-refractivity contribution in [3.8, 4) is 16.9 Å². The summed E-state index contributed by atoms with van der Waals surface area (Å²) in [6.45, 7) is 0.314. The van der Waals surface area contributed by atoms with Crippen LogP contribution in [0.5, 0.6) is 5.75 Å². The van der Waals surface area contributed by atoms with E-state index in [1.807, 2.05) is 30.3 Å². The van der Waals surface area contributed by atoms with Gasteiger partial charge >= 0.3 is 12.4 Å². The van der Waals surface area contributed by atoms with Crippen molar-refractivity contribution in [2.45, 2.75) is 12.9 Å². The van der Waals surface area contributed by atoms with Crippen molar-refractivity contribution in [2.24, 2.45) is 5.14 Å². The summed E-state index contributed by atoms with van der Waals surface area (Å²) in [5.74, 6) is -0.435. The van der Waals surface area contributed by atoms with Crippen LogP contribution in [-0.4, -0.2) is 20.8 Å². The first-order valence-corrected chi connectivity index (χ1v) is 11.3. The Kier molecular flexibility index (Phi) is 9.99. The number of amides is 2. The van der Waals surface area contributed by atoms with Crippen LogP contribution in [0.3, 0.4) is 0 Å². The average Bonchev–Trinajstić information content (AvgIpc) is 2.72. The number of nitrogens with two attached hydrogens (primary N) is 1. The predicted molar refractivity (Wildman–Crippen MR) is 125 cm³/mol. The Morgan fingerprint density at radius 1 is 0.971 bits per heavy atom. The summed E-state index contributed by atoms with van der Waals surface area (Å²) in [6.07, 6.45) is -4.87. The maximum atomic E-state index is 12.7. The molecular formula is C21H18Cl2F3N3O4S. The number of rotatable bonds is 5. The summed E-state index contributed by atoms with van der Waals surface area (Å²) < 4.78 is 59.8. The van der Waals surface area contributed by atoms with Gasteiger partial charge in [0, 0.05) is 23.4 Å². The number of hydrogen-bond donors (Lipinski definition) is 4. The van der Waals surface area contributed by atoms with Crippen LogP contribution in [0.1, 0.15) is 5.56 Å². The lowest BCUT2D eigenvalue weighted by molar-refractivity contribution is -0.274. The van der Waals surface area contributed by atoms with E-state index < -0.39 is 29.0 Å². The second-order valence-corrected chi connectivity index (χ2v) is 7.82. The van der Waals surface area contributed by atoms with E-state index in [-0.39, 0.29) is 26.9 Å². The van der Waals surface area contributed by atoms with Crippen molar-refractivity contribution >= 4 is 45.8 Å². The molecule has 4 N–H and O–H groups in total. The van der Waals surface area contributed by atoms with Crippen LogP contribution in [0.2, 0.25) is 10.0 Å². The molecule has 7 nitrogen and oxygen atoms in total. The molecule has 0 radical (unpaired) electrons. The van der Waals surface area contributed by atoms with E-state index in [9.17, 15) is 18.0 Å². The van der Waals surface area contributed by atoms with Crippen LogP contribution >= 0.6 is 23.2 Å². The number of nitrogens with one attached hydrogen (secondary N) is 2. The Bertz CT molecular complexity index is 1180. The van der Waals surface area contributed by atoms with Gasteiger partial charge in [-0.2, -0.15) is 0 Å². The molecule has 3 aromatic rings. The van der Waals surface area contributed by atoms with Gasteiger partial charge in [-0.05, 0) is 23.8 Å². The van der Waals surface area contributed by atoms with E-state index in [1.54, 1.807) is 0 Å². The van der Waals surface area contributed by atoms with E-state index in [0.717, 1.165) is 5.56 Å². The first kappa shape index (κ1) is 27.3. The van der Waals surface area contributed by atoms with Gasteiger partial charge in [0.05, 0.1) is 10.0 Å². The van der Waals surface area contributed by atoms with E-state index in [1.165, 1.54) is 36.4 Å². The van der Waals surface area contributed by atoms with E-state index in [4.69, 9.17) is 31.6 Å². The number of para-hydroxylation sites is 1. The summed E-state index contributed by atoms with van der Waals surface area (Å²) in [5.41, 5.74) is 1.44. The fraction of sp³-hybridized carbons (Fsp3) is 0.0952. The third-order valence-electron chi connectivity index (χ3n) is 3.98. The minimum atomic E-state index is -4.87. The fourth-order valence-corrected chi connectivity index (χ4v) is 3.43. The van der Waals surface area contributed by atoms with E-state index >= 15 is 0 Å². The van der Waals surface area contributed by atoms with Crippen LogP contribution < -0.4 is 20.5 Å². The number of halogens is 5. The normalized spacial score (nSPS) is 10.8. The first-order chi connectivity index (χ1) is 16.0. The molecule has 0 aliphatic carbocycles. The van der Waals surface area contributed by atoms with E-state index in [2.05, 4.69) is 20.5 Å². The molecule has 0 unspecified atom stereocenters. The van der Waals surface area contributed by atoms with Crippen LogP contribution in [0.25, 0.3) is 11.1 Å². The third kappa shape index (κ3) is 9.10. The molecule has 0 saturated carbocycles. The standard InChI is InChI=1S/C21H15Cl2F3N2O2.H3NO2S/c22-16-10-14(28-20(29)27-12-13-6-2-1-3-7-13)11-17(23)19(16)15-8-4-5-9-18(15)30-21(24,25)26;1-4(2)3/h1-11H,12H2,(H2,27,28,29);4H,(H2,1,2,3). The molecule has 0 aliphatic heterocycles. The van der Waals surface area contributed by atoms with Gasteiger partial charge in [0.1, 0.15) is 5.75 Å². The quantitative estimate of drug-likeness (QED) is 0.330. The fourth-order valence-electron chi connectivity index (χ4n) is 2.74. The second-order valence-electron chi connectivity index (χ2n) is 6.44. The zero-order chi connectivity index (χ0) is 25.3. The van der Waals surface area contributed by atoms with Crippen LogP contribution in [0.15, 0.2) is 66.7 Å². The third-order valence-corrected chi connectivity index (χ3v) is 4.57. The predicted octanol–water partition coefficient (Wildman–Crippen LogP) is 5.35. The summed E-state index contributed by atoms with van der Waals surface area (Å²) >= 11 is 12.6. The number of carbonyl (C=O) groups excluding carboxylic acids is 1. The molecule has 0 saturated heterocycles. The molecule has 0 atom stereocenters. The number of thiol groups is 1. The number of benzene rings is 3. The summed E-state index contributed by atoms with van der Waals surface area (Å²) in [5, 5.41) is 9.46. The van der Waals surface area contributed by atoms with Crippen molar-refractivity contribution in [3.63, 3.8) is 0 Å². The van der Waals surface area contributed by atoms with Gasteiger partial charge in [-0.15, -0.1) is 13.2 Å². The Labute approximate surface area is 204 Å². The molecule has 0 heterocycles. The number of hydrogen-bond acceptors (Lipinski definition) is 4. The maximum absolute atomic E-state index is 12.7. The van der Waals surface area contributed by atoms with Gasteiger partial charge in [0.25, 0.3) is 0 Å². The molecule has 13 heteroatoms. The monoisotopic (exact) mass is 535 g/mol. The molecule has 0 spiro atoms. The number of ether oxygens (including phenoxy) is 1. The molecule has 182 valence electrons. The molecule has 0 aliphatic rings. The number of carbonyl (C=O) groups is 1. The van der Waals surface area contributed by atoms with Gasteiger partial charge in [-0.25, -0.2) is 18.4 Å². The summed E-state index contributed by atoms with van der Waals surface area (Å²) in [7, 11) is -2.62. The smallest absolute Gasteiger partial charge is 0.405 e. The second kappa shape index (κ2) is 12.5. The molecule has 0 bridgehead atoms. The van der Waals surface area contributed by atoms with Gasteiger partial charge in [-0.3, -0.25) is 0 Å². The minimum absolute atomic E-state index is 0.0547. The van der Waals surface area contributed by atoms with Crippen molar-refractivity contribution < 1.29 is 31.1 Å². The zero-order valence-corrected chi connectivity index (χ0v) is 19.5. The highest BCUT2D eigenvalue weighted by atomic mass is 35.5. The lowest BCUT2D eigenvalue weighted by Gasteiger charge is -2.16. The number of anilines is 1. The highest BCUT2D eigenvalue weighted by Crippen LogP contribution is 2.42. The Morgan fingerprint density at radius 3 is 2.06 bits per heavy atom. The van der Waals surface area contributed by atoms with Crippen LogP contribution in [0.4, 0.5) is 23.7 Å². The SMILES string of the molecule is N[SH](=O)=O.O=C(NCc1ccccc1)Nc1cc(Cl)c(-c2ccccc2OC(F)(F)F)c(Cl)c1. The largest absolute Gasteiger partial charge is 0.573 e. The topological polar surface area (TPSA) is 111 Å². The number of alkyl halides is 3. The first-order valence-electron chi connectivity index (χ1n) is 9.28. The Hall–Kier alpha value is -2.99. The Morgan fingerprint density at radius 2 is 1.50 bits per heavy atom. The van der Waals surface area contributed by atoms with Crippen molar-refractivity contribution in [1.82, 2.24) is 5.32 Å². The van der Waals surface area contributed by atoms with Crippen LogP contribution in [0, 0.1) is 0 Å². The molecular weight excluding hydrogens is 518 g/mol. The summed E-state index contributed by atoms with van der Waals surface area (Å²) in [6, 6.07) is 17.1. The summed E-state index contributed by atoms with van der Waals surface area (Å²) in [4.78, 5) is 12.1. The molecule has 2 amide bonds. The molecule has 0 aromatic heterocycles. The van der Waals surface area contributed by atoms with Crippen molar-refractivity contribution in [2.75, 3.05) is 5.32 Å². The molecule has 34 heavy (non-hydrogen) atoms. The molecule has 3 aromatic carbocycles. The van der Waals surface area contributed by atoms with Crippen molar-refractivity contribution in [1.29, 1.82) is 0 Å². The van der Waals surface area contributed by atoms with Crippen LogP contribution in [-0.2, 0) is 17.4 Å². The van der Waals surface area contributed by atoms with Crippen molar-refractivity contribution in [3.05, 3.63) is 82.3 Å². The lowest BCUT2D eigenvalue weighted by atomic mass is 10.0. The van der Waals surface area contributed by atoms with Gasteiger partial charge in [0.15, 0.2) is 10.9 Å². The highest BCUT2D eigenvalue weighted by molar-refractivity contribution is 7.69. The molecule has 0 fully saturated rings. The van der Waals surface area contributed by atoms with Gasteiger partial charge < -0.3 is 15.4 Å². The maximum Gasteiger partial charge on any atom is 0.573 e. The Balaban J connectivity index is 0.000000945. The average molecular weight is 536 g/mol. The molecule has 3 rings (SSSR count).